The number of non-ortho nitro benzene ring substituents is 1. The molecule has 1 amide bonds. The Hall–Kier alpha value is -2.43. The number of carbonyl (C=O) groups excluding carboxylic acids is 2. The third-order valence-electron chi connectivity index (χ3n) is 5.49. The van der Waals surface area contributed by atoms with Gasteiger partial charge in [-0.1, -0.05) is 41.9 Å². The van der Waals surface area contributed by atoms with Crippen molar-refractivity contribution in [2.75, 3.05) is 0 Å². The Labute approximate surface area is 207 Å². The first-order chi connectivity index (χ1) is 15.5. The van der Waals surface area contributed by atoms with Crippen LogP contribution in [0.1, 0.15) is 25.0 Å². The number of hydrogen-bond donors (Lipinski definition) is 0. The van der Waals surface area contributed by atoms with Crippen molar-refractivity contribution in [3.8, 4) is 0 Å². The van der Waals surface area contributed by atoms with Gasteiger partial charge in [-0.2, -0.15) is 0 Å². The average Bonchev–Trinajstić information content (AvgIpc) is 3.07. The minimum atomic E-state index is -1.27. The Balaban J connectivity index is 1.49. The van der Waals surface area contributed by atoms with E-state index in [1.807, 2.05) is 32.0 Å². The smallest absolute Gasteiger partial charge is 0.330 e. The third kappa shape index (κ3) is 4.27. The Morgan fingerprint density at radius 1 is 1.24 bits per heavy atom. The molecule has 2 aliphatic heterocycles. The maximum Gasteiger partial charge on any atom is 0.330 e. The second-order valence-electron chi connectivity index (χ2n) is 8.16. The molecule has 0 saturated carbocycles. The number of nitrogens with zero attached hydrogens (tertiary/aromatic N) is 3. The molecule has 2 fully saturated rings. The molecular weight excluding hydrogens is 534 g/mol. The number of thioether (sulfide) groups is 1. The van der Waals surface area contributed by atoms with Crippen LogP contribution in [0.2, 0.25) is 0 Å². The highest BCUT2D eigenvalue weighted by molar-refractivity contribution is 9.10. The van der Waals surface area contributed by atoms with Gasteiger partial charge in [0.15, 0.2) is 0 Å². The fourth-order valence-corrected chi connectivity index (χ4v) is 6.62. The molecule has 2 aliphatic rings. The van der Waals surface area contributed by atoms with Crippen molar-refractivity contribution in [1.29, 1.82) is 0 Å². The Bertz CT molecular complexity index is 1140. The molecule has 2 saturated heterocycles. The summed E-state index contributed by atoms with van der Waals surface area (Å²) in [5.41, 5.74) is 1.25. The number of alkyl halides is 1. The summed E-state index contributed by atoms with van der Waals surface area (Å²) in [4.78, 5) is 42.4. The van der Waals surface area contributed by atoms with Gasteiger partial charge in [0, 0.05) is 22.4 Å². The monoisotopic (exact) mass is 551 g/mol. The zero-order valence-corrected chi connectivity index (χ0v) is 20.8. The van der Waals surface area contributed by atoms with Crippen LogP contribution < -0.4 is 0 Å². The van der Waals surface area contributed by atoms with Gasteiger partial charge in [-0.3, -0.25) is 14.9 Å². The third-order valence-corrected chi connectivity index (χ3v) is 8.67. The number of benzene rings is 2. The number of aliphatic imine (C=N–C) groups is 1. The summed E-state index contributed by atoms with van der Waals surface area (Å²) < 4.78 is 3.58. The molecule has 2 aromatic carbocycles. The van der Waals surface area contributed by atoms with E-state index >= 15 is 0 Å². The lowest BCUT2D eigenvalue weighted by Crippen LogP contribution is -2.70. The van der Waals surface area contributed by atoms with Gasteiger partial charge in [0.2, 0.25) is 4.45 Å². The second-order valence-corrected chi connectivity index (χ2v) is 11.5. The zero-order chi connectivity index (χ0) is 24.0. The summed E-state index contributed by atoms with van der Waals surface area (Å²) in [5.74, 6) is -0.911. The maximum absolute atomic E-state index is 13.1. The molecule has 0 spiro atoms. The van der Waals surface area contributed by atoms with E-state index in [-0.39, 0.29) is 23.4 Å². The summed E-state index contributed by atoms with van der Waals surface area (Å²) in [5, 5.41) is 10.5. The fourth-order valence-electron chi connectivity index (χ4n) is 3.82. The van der Waals surface area contributed by atoms with Crippen molar-refractivity contribution in [2.45, 2.75) is 41.1 Å². The van der Waals surface area contributed by atoms with Crippen LogP contribution in [0.3, 0.4) is 0 Å². The highest BCUT2D eigenvalue weighted by Gasteiger charge is 2.71. The molecule has 2 aromatic rings. The summed E-state index contributed by atoms with van der Waals surface area (Å²) in [7, 11) is 0. The van der Waals surface area contributed by atoms with E-state index in [0.717, 1.165) is 0 Å². The summed E-state index contributed by atoms with van der Waals surface area (Å²) >= 11 is 11.3. The van der Waals surface area contributed by atoms with Crippen molar-refractivity contribution in [3.05, 3.63) is 75.8 Å². The number of ether oxygens (including phenoxy) is 1. The van der Waals surface area contributed by atoms with Crippen LogP contribution in [0.15, 0.2) is 59.6 Å². The molecule has 172 valence electrons. The van der Waals surface area contributed by atoms with Crippen molar-refractivity contribution in [1.82, 2.24) is 4.90 Å². The SMILES string of the molecule is CC1(C)S[C@H]2N(C(=O)[C@@]2(Br)N=C(Cl)c2ccccc2)[C@H]1C(=O)OCc1ccc([N+](=O)[O-])cc1. The topological polar surface area (TPSA) is 102 Å². The van der Waals surface area contributed by atoms with Crippen LogP contribution >= 0.6 is 39.3 Å². The second kappa shape index (κ2) is 8.73. The zero-order valence-electron chi connectivity index (χ0n) is 17.6. The molecule has 11 heteroatoms. The minimum absolute atomic E-state index is 0.0456. The van der Waals surface area contributed by atoms with E-state index in [0.29, 0.717) is 11.1 Å². The number of nitro groups is 1. The van der Waals surface area contributed by atoms with E-state index in [9.17, 15) is 19.7 Å². The molecule has 0 bridgehead atoms. The first-order valence-electron chi connectivity index (χ1n) is 9.95. The van der Waals surface area contributed by atoms with Crippen LogP contribution in [0, 0.1) is 10.1 Å². The number of rotatable bonds is 6. The Morgan fingerprint density at radius 3 is 2.48 bits per heavy atom. The number of halogens is 2. The first-order valence-corrected chi connectivity index (χ1v) is 12.0. The van der Waals surface area contributed by atoms with Gasteiger partial charge in [0.1, 0.15) is 23.2 Å². The number of β-lactam (4-membered cyclic amide) rings is 1. The van der Waals surface area contributed by atoms with Crippen LogP contribution in [0.4, 0.5) is 5.69 Å². The molecule has 33 heavy (non-hydrogen) atoms. The molecule has 0 aliphatic carbocycles. The van der Waals surface area contributed by atoms with Crippen LogP contribution in [-0.2, 0) is 20.9 Å². The van der Waals surface area contributed by atoms with Gasteiger partial charge >= 0.3 is 5.97 Å². The number of nitro benzene ring substituents is 1. The molecule has 4 rings (SSSR count). The van der Waals surface area contributed by atoms with Crippen molar-refractivity contribution < 1.29 is 19.2 Å². The predicted octanol–water partition coefficient (Wildman–Crippen LogP) is 4.48. The number of esters is 1. The van der Waals surface area contributed by atoms with Gasteiger partial charge in [-0.25, -0.2) is 9.79 Å². The van der Waals surface area contributed by atoms with E-state index in [1.165, 1.54) is 40.9 Å². The lowest BCUT2D eigenvalue weighted by molar-refractivity contribution is -0.384. The highest BCUT2D eigenvalue weighted by Crippen LogP contribution is 2.58. The lowest BCUT2D eigenvalue weighted by atomic mass is 9.96. The van der Waals surface area contributed by atoms with Crippen LogP contribution in [0.25, 0.3) is 0 Å². The molecule has 0 unspecified atom stereocenters. The fraction of sp³-hybridized carbons (Fsp3) is 0.318. The summed E-state index contributed by atoms with van der Waals surface area (Å²) in [6, 6.07) is 14.1. The lowest BCUT2D eigenvalue weighted by Gasteiger charge is -2.47. The first kappa shape index (κ1) is 23.7. The van der Waals surface area contributed by atoms with E-state index in [2.05, 4.69) is 20.9 Å². The maximum atomic E-state index is 13.1. The van der Waals surface area contributed by atoms with Crippen LogP contribution in [-0.4, -0.2) is 47.5 Å². The molecule has 0 radical (unpaired) electrons. The molecule has 8 nitrogen and oxygen atoms in total. The van der Waals surface area contributed by atoms with Crippen LogP contribution in [0.5, 0.6) is 0 Å². The number of hydrogen-bond acceptors (Lipinski definition) is 7. The van der Waals surface area contributed by atoms with Gasteiger partial charge in [-0.05, 0) is 47.5 Å². The summed E-state index contributed by atoms with van der Waals surface area (Å²) in [6.45, 7) is 3.69. The van der Waals surface area contributed by atoms with Gasteiger partial charge in [0.25, 0.3) is 11.6 Å². The number of amides is 1. The van der Waals surface area contributed by atoms with Gasteiger partial charge < -0.3 is 9.64 Å². The normalized spacial score (nSPS) is 25.9. The predicted molar refractivity (Wildman–Crippen MR) is 129 cm³/mol. The van der Waals surface area contributed by atoms with Crippen molar-refractivity contribution >= 4 is 62.0 Å². The van der Waals surface area contributed by atoms with Gasteiger partial charge in [-0.15, -0.1) is 11.8 Å². The van der Waals surface area contributed by atoms with Crippen molar-refractivity contribution in [2.24, 2.45) is 4.99 Å². The van der Waals surface area contributed by atoms with E-state index in [1.54, 1.807) is 12.1 Å². The number of carbonyl (C=O) groups is 2. The largest absolute Gasteiger partial charge is 0.459 e. The quantitative estimate of drug-likeness (QED) is 0.0996. The molecule has 0 N–H and O–H groups in total. The Morgan fingerprint density at radius 2 is 1.88 bits per heavy atom. The van der Waals surface area contributed by atoms with Gasteiger partial charge in [0.05, 0.1) is 4.92 Å². The molecule has 2 heterocycles. The minimum Gasteiger partial charge on any atom is -0.459 e. The standard InChI is InChI=1S/C22H19BrClN3O5S/c1-21(2)16(18(28)32-12-13-8-10-15(11-9-13)27(30)31)26-19(29)22(23,20(26)33-21)25-17(24)14-6-4-3-5-7-14/h3-11,16,20H,12H2,1-2H3/t16-,20+,22+/m0/s1. The van der Waals surface area contributed by atoms with E-state index < -0.39 is 31.5 Å². The average molecular weight is 553 g/mol. The Kier molecular flexibility index (Phi) is 6.28. The summed E-state index contributed by atoms with van der Waals surface area (Å²) in [6.07, 6.45) is 0. The molecule has 3 atom stereocenters. The molecular formula is C22H19BrClN3O5S. The highest BCUT2D eigenvalue weighted by atomic mass is 79.9. The number of fused-ring (bicyclic) bond motifs is 1. The van der Waals surface area contributed by atoms with E-state index in [4.69, 9.17) is 16.3 Å². The van der Waals surface area contributed by atoms with Crippen molar-refractivity contribution in [3.63, 3.8) is 0 Å². The molecule has 0 aromatic heterocycles.